The second kappa shape index (κ2) is 5.77. The largest absolute Gasteiger partial charge is 0.370 e. The standard InChI is InChI=1S/C14H18N2O3S/c1-11-4-3-7-16(9-11)13-8-12(15-10-17)5-6-14(13)20(2,18)19/h5-6,8,11H,3-4,7,9H2,1-2H3. The molecule has 1 unspecified atom stereocenters. The fourth-order valence-electron chi connectivity index (χ4n) is 2.60. The predicted molar refractivity (Wildman–Crippen MR) is 77.9 cm³/mol. The van der Waals surface area contributed by atoms with E-state index in [1.54, 1.807) is 6.07 Å². The van der Waals surface area contributed by atoms with Crippen LogP contribution in [0.3, 0.4) is 0 Å². The molecule has 2 rings (SSSR count). The van der Waals surface area contributed by atoms with Crippen LogP contribution in [0.2, 0.25) is 0 Å². The first-order valence-electron chi connectivity index (χ1n) is 6.58. The average Bonchev–Trinajstić information content (AvgIpc) is 2.38. The number of carbonyl (C=O) groups excluding carboxylic acids is 1. The summed E-state index contributed by atoms with van der Waals surface area (Å²) in [4.78, 5) is 16.3. The summed E-state index contributed by atoms with van der Waals surface area (Å²) >= 11 is 0. The molecule has 0 aromatic heterocycles. The first-order chi connectivity index (χ1) is 9.41. The van der Waals surface area contributed by atoms with Gasteiger partial charge in [0.25, 0.3) is 0 Å². The summed E-state index contributed by atoms with van der Waals surface area (Å²) in [5, 5.41) is 0. The van der Waals surface area contributed by atoms with E-state index in [-0.39, 0.29) is 4.90 Å². The van der Waals surface area contributed by atoms with Gasteiger partial charge in [-0.1, -0.05) is 6.92 Å². The number of piperidine rings is 1. The summed E-state index contributed by atoms with van der Waals surface area (Å²) in [6, 6.07) is 4.69. The molecule has 1 atom stereocenters. The van der Waals surface area contributed by atoms with Crippen molar-refractivity contribution < 1.29 is 13.2 Å². The fourth-order valence-corrected chi connectivity index (χ4v) is 3.48. The SMILES string of the molecule is CC1CCCN(c2cc(N=C=O)ccc2S(C)(=O)=O)C1. The summed E-state index contributed by atoms with van der Waals surface area (Å²) in [5.74, 6) is 0.523. The van der Waals surface area contributed by atoms with Gasteiger partial charge in [0.1, 0.15) is 0 Å². The minimum atomic E-state index is -3.31. The maximum atomic E-state index is 11.9. The van der Waals surface area contributed by atoms with E-state index < -0.39 is 9.84 Å². The molecule has 1 aliphatic heterocycles. The van der Waals surface area contributed by atoms with Crippen molar-refractivity contribution in [1.29, 1.82) is 0 Å². The average molecular weight is 294 g/mol. The van der Waals surface area contributed by atoms with Crippen LogP contribution in [-0.4, -0.2) is 33.8 Å². The topological polar surface area (TPSA) is 66.8 Å². The molecule has 0 N–H and O–H groups in total. The van der Waals surface area contributed by atoms with E-state index in [9.17, 15) is 13.2 Å². The van der Waals surface area contributed by atoms with Crippen molar-refractivity contribution in [3.05, 3.63) is 18.2 Å². The third-order valence-electron chi connectivity index (χ3n) is 3.51. The Morgan fingerprint density at radius 3 is 2.75 bits per heavy atom. The fraction of sp³-hybridized carbons (Fsp3) is 0.500. The Morgan fingerprint density at radius 1 is 1.40 bits per heavy atom. The number of anilines is 1. The van der Waals surface area contributed by atoms with Crippen molar-refractivity contribution in [2.24, 2.45) is 10.9 Å². The molecular formula is C14H18N2O3S. The zero-order valence-electron chi connectivity index (χ0n) is 11.7. The highest BCUT2D eigenvalue weighted by Crippen LogP contribution is 2.32. The molecule has 0 aliphatic carbocycles. The molecule has 108 valence electrons. The molecule has 1 fully saturated rings. The van der Waals surface area contributed by atoms with Gasteiger partial charge in [0.2, 0.25) is 6.08 Å². The first-order valence-corrected chi connectivity index (χ1v) is 8.48. The number of hydrogen-bond acceptors (Lipinski definition) is 5. The highest BCUT2D eigenvalue weighted by Gasteiger charge is 2.23. The Bertz CT molecular complexity index is 648. The van der Waals surface area contributed by atoms with Gasteiger partial charge < -0.3 is 4.90 Å². The van der Waals surface area contributed by atoms with Crippen LogP contribution in [0.5, 0.6) is 0 Å². The highest BCUT2D eigenvalue weighted by molar-refractivity contribution is 7.90. The van der Waals surface area contributed by atoms with E-state index in [0.717, 1.165) is 25.9 Å². The number of sulfone groups is 1. The van der Waals surface area contributed by atoms with E-state index in [1.165, 1.54) is 24.5 Å². The lowest BCUT2D eigenvalue weighted by Crippen LogP contribution is -2.35. The maximum absolute atomic E-state index is 11.9. The molecule has 6 heteroatoms. The highest BCUT2D eigenvalue weighted by atomic mass is 32.2. The van der Waals surface area contributed by atoms with Crippen LogP contribution in [0.4, 0.5) is 11.4 Å². The van der Waals surface area contributed by atoms with Crippen LogP contribution >= 0.6 is 0 Å². The van der Waals surface area contributed by atoms with Gasteiger partial charge in [-0.2, -0.15) is 4.99 Å². The molecular weight excluding hydrogens is 276 g/mol. The van der Waals surface area contributed by atoms with Gasteiger partial charge in [0.05, 0.1) is 16.3 Å². The lowest BCUT2D eigenvalue weighted by atomic mass is 10.00. The number of nitrogens with zero attached hydrogens (tertiary/aromatic N) is 2. The molecule has 0 spiro atoms. The predicted octanol–water partition coefficient (Wildman–Crippen LogP) is 2.29. The van der Waals surface area contributed by atoms with Crippen LogP contribution < -0.4 is 4.90 Å². The quantitative estimate of drug-likeness (QED) is 0.633. The van der Waals surface area contributed by atoms with Crippen molar-refractivity contribution in [2.45, 2.75) is 24.7 Å². The zero-order chi connectivity index (χ0) is 14.8. The van der Waals surface area contributed by atoms with Gasteiger partial charge in [0, 0.05) is 19.3 Å². The molecule has 1 saturated heterocycles. The van der Waals surface area contributed by atoms with E-state index in [1.807, 2.05) is 0 Å². The summed E-state index contributed by atoms with van der Waals surface area (Å²) in [7, 11) is -3.31. The van der Waals surface area contributed by atoms with Crippen molar-refractivity contribution >= 4 is 27.3 Å². The third-order valence-corrected chi connectivity index (χ3v) is 4.66. The van der Waals surface area contributed by atoms with Gasteiger partial charge in [0.15, 0.2) is 9.84 Å². The molecule has 0 saturated carbocycles. The van der Waals surface area contributed by atoms with Gasteiger partial charge >= 0.3 is 0 Å². The zero-order valence-corrected chi connectivity index (χ0v) is 12.5. The van der Waals surface area contributed by atoms with Crippen molar-refractivity contribution in [1.82, 2.24) is 0 Å². The lowest BCUT2D eigenvalue weighted by molar-refractivity contribution is 0.445. The molecule has 0 amide bonds. The summed E-state index contributed by atoms with van der Waals surface area (Å²) in [6.07, 6.45) is 4.87. The van der Waals surface area contributed by atoms with Crippen molar-refractivity contribution in [3.8, 4) is 0 Å². The second-order valence-corrected chi connectivity index (χ2v) is 7.30. The molecule has 1 aromatic carbocycles. The third kappa shape index (κ3) is 3.26. The molecule has 1 aromatic rings. The Balaban J connectivity index is 2.51. The molecule has 1 heterocycles. The first kappa shape index (κ1) is 14.8. The number of isocyanates is 1. The molecule has 0 bridgehead atoms. The van der Waals surface area contributed by atoms with E-state index in [4.69, 9.17) is 0 Å². The molecule has 20 heavy (non-hydrogen) atoms. The van der Waals surface area contributed by atoms with E-state index >= 15 is 0 Å². The molecule has 1 aliphatic rings. The minimum Gasteiger partial charge on any atom is -0.370 e. The van der Waals surface area contributed by atoms with Crippen molar-refractivity contribution in [3.63, 3.8) is 0 Å². The van der Waals surface area contributed by atoms with Crippen LogP contribution in [0.15, 0.2) is 28.1 Å². The van der Waals surface area contributed by atoms with Crippen LogP contribution in [0.1, 0.15) is 19.8 Å². The maximum Gasteiger partial charge on any atom is 0.240 e. The van der Waals surface area contributed by atoms with E-state index in [0.29, 0.717) is 17.3 Å². The molecule has 5 nitrogen and oxygen atoms in total. The number of aliphatic imine (C=N–C) groups is 1. The molecule has 0 radical (unpaired) electrons. The lowest BCUT2D eigenvalue weighted by Gasteiger charge is -2.33. The normalized spacial score (nSPS) is 19.5. The van der Waals surface area contributed by atoms with Gasteiger partial charge in [-0.05, 0) is 37.0 Å². The van der Waals surface area contributed by atoms with Crippen LogP contribution in [0.25, 0.3) is 0 Å². The number of hydrogen-bond donors (Lipinski definition) is 0. The second-order valence-electron chi connectivity index (χ2n) is 5.32. The van der Waals surface area contributed by atoms with Gasteiger partial charge in [-0.3, -0.25) is 0 Å². The van der Waals surface area contributed by atoms with Crippen LogP contribution in [0, 0.1) is 5.92 Å². The monoisotopic (exact) mass is 294 g/mol. The van der Waals surface area contributed by atoms with E-state index in [2.05, 4.69) is 16.8 Å². The Labute approximate surface area is 119 Å². The van der Waals surface area contributed by atoms with Crippen LogP contribution in [-0.2, 0) is 14.6 Å². The Kier molecular flexibility index (Phi) is 4.26. The summed E-state index contributed by atoms with van der Waals surface area (Å²) in [5.41, 5.74) is 1.07. The number of rotatable bonds is 3. The summed E-state index contributed by atoms with van der Waals surface area (Å²) in [6.45, 7) is 3.79. The Hall–Kier alpha value is -1.65. The smallest absolute Gasteiger partial charge is 0.240 e. The summed E-state index contributed by atoms with van der Waals surface area (Å²) < 4.78 is 23.8. The van der Waals surface area contributed by atoms with Gasteiger partial charge in [-0.25, -0.2) is 13.2 Å². The van der Waals surface area contributed by atoms with Crippen molar-refractivity contribution in [2.75, 3.05) is 24.2 Å². The Morgan fingerprint density at radius 2 is 2.15 bits per heavy atom. The minimum absolute atomic E-state index is 0.288. The van der Waals surface area contributed by atoms with Gasteiger partial charge in [-0.15, -0.1) is 0 Å². The number of benzene rings is 1.